The highest BCUT2D eigenvalue weighted by atomic mass is 35.5. The van der Waals surface area contributed by atoms with Gasteiger partial charge in [-0.25, -0.2) is 0 Å². The van der Waals surface area contributed by atoms with Gasteiger partial charge in [0.2, 0.25) is 0 Å². The molecule has 0 amide bonds. The predicted octanol–water partition coefficient (Wildman–Crippen LogP) is 4.91. The van der Waals surface area contributed by atoms with Crippen molar-refractivity contribution in [3.63, 3.8) is 0 Å². The lowest BCUT2D eigenvalue weighted by Gasteiger charge is -2.35. The van der Waals surface area contributed by atoms with E-state index in [1.54, 1.807) is 0 Å². The summed E-state index contributed by atoms with van der Waals surface area (Å²) in [7, 11) is 0. The van der Waals surface area contributed by atoms with E-state index in [0.717, 1.165) is 34.0 Å². The highest BCUT2D eigenvalue weighted by Crippen LogP contribution is 2.30. The van der Waals surface area contributed by atoms with Crippen molar-refractivity contribution in [3.8, 4) is 0 Å². The molecule has 1 nitrogen and oxygen atoms in total. The molecule has 1 aliphatic rings. The minimum atomic E-state index is 0.584. The zero-order chi connectivity index (χ0) is 13.1. The molecule has 1 N–H and O–H groups in total. The van der Waals surface area contributed by atoms with Crippen LogP contribution in [0.4, 0.5) is 0 Å². The van der Waals surface area contributed by atoms with Crippen molar-refractivity contribution in [2.75, 3.05) is 0 Å². The molecule has 0 heterocycles. The molecule has 3 atom stereocenters. The summed E-state index contributed by atoms with van der Waals surface area (Å²) in [5.74, 6) is 1.53. The molecule has 0 radical (unpaired) electrons. The fourth-order valence-corrected chi connectivity index (χ4v) is 3.34. The van der Waals surface area contributed by atoms with Gasteiger partial charge in [0.1, 0.15) is 0 Å². The summed E-state index contributed by atoms with van der Waals surface area (Å²) in [5, 5.41) is 5.14. The van der Waals surface area contributed by atoms with Crippen molar-refractivity contribution >= 4 is 23.2 Å². The first kappa shape index (κ1) is 14.2. The average Bonchev–Trinajstić information content (AvgIpc) is 2.33. The summed E-state index contributed by atoms with van der Waals surface area (Å²) >= 11 is 12.4. The monoisotopic (exact) mass is 285 g/mol. The van der Waals surface area contributed by atoms with E-state index in [1.165, 1.54) is 19.3 Å². The summed E-state index contributed by atoms with van der Waals surface area (Å²) in [5.41, 5.74) is 1.02. The second-order valence-corrected chi connectivity index (χ2v) is 6.27. The summed E-state index contributed by atoms with van der Waals surface area (Å²) in [6.45, 7) is 5.46. The van der Waals surface area contributed by atoms with E-state index < -0.39 is 0 Å². The van der Waals surface area contributed by atoms with Crippen LogP contribution in [0.3, 0.4) is 0 Å². The quantitative estimate of drug-likeness (QED) is 0.832. The second-order valence-electron chi connectivity index (χ2n) is 5.45. The van der Waals surface area contributed by atoms with Crippen LogP contribution in [-0.4, -0.2) is 6.04 Å². The predicted molar refractivity (Wildman–Crippen MR) is 79.3 cm³/mol. The van der Waals surface area contributed by atoms with E-state index >= 15 is 0 Å². The lowest BCUT2D eigenvalue weighted by molar-refractivity contribution is 0.206. The van der Waals surface area contributed by atoms with Gasteiger partial charge in [-0.15, -0.1) is 0 Å². The summed E-state index contributed by atoms with van der Waals surface area (Å²) in [4.78, 5) is 0. The van der Waals surface area contributed by atoms with E-state index in [1.807, 2.05) is 18.2 Å². The third-order valence-corrected chi connectivity index (χ3v) is 5.02. The minimum absolute atomic E-state index is 0.584. The largest absolute Gasteiger partial charge is 0.310 e. The number of benzene rings is 1. The molecule has 1 aromatic carbocycles. The topological polar surface area (TPSA) is 12.0 Å². The molecule has 0 aromatic heterocycles. The number of rotatable bonds is 3. The molecule has 0 aliphatic heterocycles. The van der Waals surface area contributed by atoms with Crippen molar-refractivity contribution in [3.05, 3.63) is 33.8 Å². The standard InChI is InChI=1S/C15H21Cl2N/c1-10-5-3-8-15(11(10)2)18-9-12-13(16)6-4-7-14(12)17/h4,6-7,10-11,15,18H,3,5,8-9H2,1-2H3. The Kier molecular flexibility index (Phi) is 4.94. The molecule has 100 valence electrons. The summed E-state index contributed by atoms with van der Waals surface area (Å²) < 4.78 is 0. The van der Waals surface area contributed by atoms with Crippen LogP contribution in [-0.2, 0) is 6.54 Å². The molecule has 1 aliphatic carbocycles. The number of hydrogen-bond acceptors (Lipinski definition) is 1. The molecule has 0 bridgehead atoms. The van der Waals surface area contributed by atoms with E-state index in [-0.39, 0.29) is 0 Å². The lowest BCUT2D eigenvalue weighted by atomic mass is 9.78. The Hall–Kier alpha value is -0.240. The van der Waals surface area contributed by atoms with Gasteiger partial charge in [-0.3, -0.25) is 0 Å². The third kappa shape index (κ3) is 3.20. The van der Waals surface area contributed by atoms with Gasteiger partial charge < -0.3 is 5.32 Å². The number of halogens is 2. The maximum absolute atomic E-state index is 6.19. The van der Waals surface area contributed by atoms with Gasteiger partial charge in [-0.1, -0.05) is 56.0 Å². The molecule has 18 heavy (non-hydrogen) atoms. The first-order valence-corrected chi connectivity index (χ1v) is 7.51. The fourth-order valence-electron chi connectivity index (χ4n) is 2.80. The van der Waals surface area contributed by atoms with Crippen LogP contribution in [0.1, 0.15) is 38.7 Å². The summed E-state index contributed by atoms with van der Waals surface area (Å²) in [6.07, 6.45) is 3.93. The van der Waals surface area contributed by atoms with E-state index in [0.29, 0.717) is 6.04 Å². The lowest BCUT2D eigenvalue weighted by Crippen LogP contribution is -2.40. The molecule has 1 saturated carbocycles. The van der Waals surface area contributed by atoms with Crippen molar-refractivity contribution in [2.24, 2.45) is 11.8 Å². The Bertz CT molecular complexity index is 385. The van der Waals surface area contributed by atoms with Gasteiger partial charge in [0.05, 0.1) is 0 Å². The molecule has 3 unspecified atom stereocenters. The van der Waals surface area contributed by atoms with Crippen LogP contribution in [0, 0.1) is 11.8 Å². The van der Waals surface area contributed by atoms with Gasteiger partial charge in [-0.05, 0) is 30.4 Å². The van der Waals surface area contributed by atoms with Gasteiger partial charge in [-0.2, -0.15) is 0 Å². The first-order valence-electron chi connectivity index (χ1n) is 6.76. The summed E-state index contributed by atoms with van der Waals surface area (Å²) in [6, 6.07) is 6.27. The molecule has 3 heteroatoms. The van der Waals surface area contributed by atoms with Crippen LogP contribution in [0.5, 0.6) is 0 Å². The highest BCUT2D eigenvalue weighted by molar-refractivity contribution is 6.35. The van der Waals surface area contributed by atoms with E-state index in [2.05, 4.69) is 19.2 Å². The highest BCUT2D eigenvalue weighted by Gasteiger charge is 2.26. The van der Waals surface area contributed by atoms with Gasteiger partial charge >= 0.3 is 0 Å². The second kappa shape index (κ2) is 6.27. The van der Waals surface area contributed by atoms with E-state index in [9.17, 15) is 0 Å². The van der Waals surface area contributed by atoms with Crippen molar-refractivity contribution < 1.29 is 0 Å². The normalized spacial score (nSPS) is 28.3. The fraction of sp³-hybridized carbons (Fsp3) is 0.600. The Morgan fingerprint density at radius 2 is 1.83 bits per heavy atom. The van der Waals surface area contributed by atoms with Gasteiger partial charge in [0, 0.05) is 28.2 Å². The molecular formula is C15H21Cl2N. The molecular weight excluding hydrogens is 265 g/mol. The zero-order valence-electron chi connectivity index (χ0n) is 11.0. The SMILES string of the molecule is CC1CCCC(NCc2c(Cl)cccc2Cl)C1C. The maximum Gasteiger partial charge on any atom is 0.0465 e. The van der Waals surface area contributed by atoms with Gasteiger partial charge in [0.25, 0.3) is 0 Å². The number of hydrogen-bond donors (Lipinski definition) is 1. The molecule has 2 rings (SSSR count). The minimum Gasteiger partial charge on any atom is -0.310 e. The molecule has 0 saturated heterocycles. The van der Waals surface area contributed by atoms with Crippen molar-refractivity contribution in [2.45, 2.75) is 45.7 Å². The van der Waals surface area contributed by atoms with Crippen LogP contribution < -0.4 is 5.32 Å². The smallest absolute Gasteiger partial charge is 0.0465 e. The van der Waals surface area contributed by atoms with Crippen molar-refractivity contribution in [1.82, 2.24) is 5.32 Å². The molecule has 1 aromatic rings. The Morgan fingerprint density at radius 1 is 1.17 bits per heavy atom. The Labute approximate surface area is 120 Å². The molecule has 0 spiro atoms. The van der Waals surface area contributed by atoms with Crippen LogP contribution >= 0.6 is 23.2 Å². The maximum atomic E-state index is 6.19. The number of nitrogens with one attached hydrogen (secondary N) is 1. The van der Waals surface area contributed by atoms with Crippen LogP contribution in [0.25, 0.3) is 0 Å². The Balaban J connectivity index is 1.99. The van der Waals surface area contributed by atoms with Crippen LogP contribution in [0.2, 0.25) is 10.0 Å². The zero-order valence-corrected chi connectivity index (χ0v) is 12.6. The van der Waals surface area contributed by atoms with Crippen molar-refractivity contribution in [1.29, 1.82) is 0 Å². The van der Waals surface area contributed by atoms with Gasteiger partial charge in [0.15, 0.2) is 0 Å². The van der Waals surface area contributed by atoms with E-state index in [4.69, 9.17) is 23.2 Å². The van der Waals surface area contributed by atoms with Crippen LogP contribution in [0.15, 0.2) is 18.2 Å². The first-order chi connectivity index (χ1) is 8.59. The Morgan fingerprint density at radius 3 is 2.50 bits per heavy atom. The molecule has 1 fully saturated rings. The third-order valence-electron chi connectivity index (χ3n) is 4.31. The average molecular weight is 286 g/mol.